The standard InChI is InChI=1S/C15H18BrN3/c1-11-9-12-10-13(16)3-4-14(12)17-15(11)19-7-5-18(2)6-8-19/h3-4,9-10H,5-8H2,1-2H3. The quantitative estimate of drug-likeness (QED) is 0.805. The van der Waals surface area contributed by atoms with Gasteiger partial charge in [-0.1, -0.05) is 15.9 Å². The van der Waals surface area contributed by atoms with Crippen LogP contribution in [0.2, 0.25) is 0 Å². The van der Waals surface area contributed by atoms with Crippen LogP contribution >= 0.6 is 15.9 Å². The highest BCUT2D eigenvalue weighted by Gasteiger charge is 2.17. The van der Waals surface area contributed by atoms with Gasteiger partial charge in [-0.15, -0.1) is 0 Å². The lowest BCUT2D eigenvalue weighted by Gasteiger charge is -2.34. The molecule has 0 unspecified atom stereocenters. The first kappa shape index (κ1) is 12.9. The molecule has 1 saturated heterocycles. The molecule has 3 nitrogen and oxygen atoms in total. The van der Waals surface area contributed by atoms with E-state index in [2.05, 4.69) is 64.0 Å². The second-order valence-corrected chi connectivity index (χ2v) is 6.17. The Balaban J connectivity index is 1.99. The fraction of sp³-hybridized carbons (Fsp3) is 0.400. The van der Waals surface area contributed by atoms with Crippen LogP contribution in [-0.2, 0) is 0 Å². The molecule has 0 saturated carbocycles. The molecule has 1 aromatic carbocycles. The summed E-state index contributed by atoms with van der Waals surface area (Å²) in [6, 6.07) is 8.50. The fourth-order valence-electron chi connectivity index (χ4n) is 2.58. The van der Waals surface area contributed by atoms with Crippen LogP contribution in [0, 0.1) is 6.92 Å². The van der Waals surface area contributed by atoms with Gasteiger partial charge in [0.25, 0.3) is 0 Å². The van der Waals surface area contributed by atoms with Crippen LogP contribution in [0.25, 0.3) is 10.9 Å². The molecule has 1 aromatic heterocycles. The largest absolute Gasteiger partial charge is 0.354 e. The maximum absolute atomic E-state index is 4.85. The number of fused-ring (bicyclic) bond motifs is 1. The van der Waals surface area contributed by atoms with Crippen LogP contribution in [0.1, 0.15) is 5.56 Å². The molecule has 1 aliphatic heterocycles. The molecule has 2 aromatic rings. The summed E-state index contributed by atoms with van der Waals surface area (Å²) in [6.07, 6.45) is 0. The molecule has 0 bridgehead atoms. The van der Waals surface area contributed by atoms with Crippen molar-refractivity contribution < 1.29 is 0 Å². The van der Waals surface area contributed by atoms with Crippen molar-refractivity contribution >= 4 is 32.7 Å². The van der Waals surface area contributed by atoms with E-state index in [-0.39, 0.29) is 0 Å². The predicted octanol–water partition coefficient (Wildman–Crippen LogP) is 3.06. The molecule has 2 heterocycles. The van der Waals surface area contributed by atoms with E-state index in [9.17, 15) is 0 Å². The van der Waals surface area contributed by atoms with Crippen molar-refractivity contribution in [1.29, 1.82) is 0 Å². The molecular weight excluding hydrogens is 302 g/mol. The van der Waals surface area contributed by atoms with Gasteiger partial charge in [-0.05, 0) is 43.8 Å². The summed E-state index contributed by atoms with van der Waals surface area (Å²) in [4.78, 5) is 9.62. The number of pyridine rings is 1. The highest BCUT2D eigenvalue weighted by Crippen LogP contribution is 2.25. The summed E-state index contributed by atoms with van der Waals surface area (Å²) < 4.78 is 1.11. The molecule has 0 aliphatic carbocycles. The Morgan fingerprint density at radius 3 is 2.58 bits per heavy atom. The number of benzene rings is 1. The second-order valence-electron chi connectivity index (χ2n) is 5.26. The van der Waals surface area contributed by atoms with Gasteiger partial charge in [0, 0.05) is 36.0 Å². The van der Waals surface area contributed by atoms with Crippen molar-refractivity contribution in [2.45, 2.75) is 6.92 Å². The van der Waals surface area contributed by atoms with E-state index in [4.69, 9.17) is 4.98 Å². The molecule has 1 fully saturated rings. The second kappa shape index (κ2) is 5.10. The van der Waals surface area contributed by atoms with Crippen LogP contribution in [0.15, 0.2) is 28.7 Å². The number of anilines is 1. The maximum Gasteiger partial charge on any atom is 0.132 e. The van der Waals surface area contributed by atoms with Crippen molar-refractivity contribution in [2.24, 2.45) is 0 Å². The third-order valence-electron chi connectivity index (χ3n) is 3.74. The lowest BCUT2D eigenvalue weighted by Crippen LogP contribution is -2.45. The van der Waals surface area contributed by atoms with E-state index < -0.39 is 0 Å². The number of hydrogen-bond acceptors (Lipinski definition) is 3. The molecule has 0 atom stereocenters. The number of halogens is 1. The minimum atomic E-state index is 1.06. The van der Waals surface area contributed by atoms with E-state index in [1.54, 1.807) is 0 Å². The van der Waals surface area contributed by atoms with Crippen LogP contribution in [0.3, 0.4) is 0 Å². The highest BCUT2D eigenvalue weighted by atomic mass is 79.9. The van der Waals surface area contributed by atoms with Gasteiger partial charge < -0.3 is 9.80 Å². The summed E-state index contributed by atoms with van der Waals surface area (Å²) in [5.41, 5.74) is 2.33. The van der Waals surface area contributed by atoms with Crippen molar-refractivity contribution in [2.75, 3.05) is 38.1 Å². The zero-order valence-electron chi connectivity index (χ0n) is 11.4. The molecule has 3 rings (SSSR count). The Morgan fingerprint density at radius 1 is 1.11 bits per heavy atom. The lowest BCUT2D eigenvalue weighted by atomic mass is 10.1. The van der Waals surface area contributed by atoms with Crippen molar-refractivity contribution in [3.05, 3.63) is 34.3 Å². The molecule has 100 valence electrons. The molecule has 0 N–H and O–H groups in total. The Kier molecular flexibility index (Phi) is 3.46. The third-order valence-corrected chi connectivity index (χ3v) is 4.24. The van der Waals surface area contributed by atoms with Crippen LogP contribution in [0.4, 0.5) is 5.82 Å². The predicted molar refractivity (Wildman–Crippen MR) is 83.9 cm³/mol. The van der Waals surface area contributed by atoms with Gasteiger partial charge in [-0.2, -0.15) is 0 Å². The average Bonchev–Trinajstić information content (AvgIpc) is 2.39. The number of piperazine rings is 1. The number of rotatable bonds is 1. The summed E-state index contributed by atoms with van der Waals surface area (Å²) >= 11 is 3.51. The van der Waals surface area contributed by atoms with Gasteiger partial charge in [0.15, 0.2) is 0 Å². The molecule has 0 spiro atoms. The Hall–Kier alpha value is -1.13. The van der Waals surface area contributed by atoms with Crippen molar-refractivity contribution in [1.82, 2.24) is 9.88 Å². The van der Waals surface area contributed by atoms with Crippen molar-refractivity contribution in [3.8, 4) is 0 Å². The smallest absolute Gasteiger partial charge is 0.132 e. The molecule has 19 heavy (non-hydrogen) atoms. The SMILES string of the molecule is Cc1cc2cc(Br)ccc2nc1N1CCN(C)CC1. The van der Waals surface area contributed by atoms with Crippen molar-refractivity contribution in [3.63, 3.8) is 0 Å². The van der Waals surface area contributed by atoms with E-state index in [1.165, 1.54) is 10.9 Å². The maximum atomic E-state index is 4.85. The summed E-state index contributed by atoms with van der Waals surface area (Å²) in [5, 5.41) is 1.20. The minimum absolute atomic E-state index is 1.06. The first-order chi connectivity index (χ1) is 9.13. The van der Waals surface area contributed by atoms with Gasteiger partial charge in [0.2, 0.25) is 0 Å². The molecule has 0 radical (unpaired) electrons. The summed E-state index contributed by atoms with van der Waals surface area (Å²) in [6.45, 7) is 6.50. The molecule has 4 heteroatoms. The molecule has 1 aliphatic rings. The van der Waals surface area contributed by atoms with E-state index in [0.29, 0.717) is 0 Å². The number of likely N-dealkylation sites (N-methyl/N-ethyl adjacent to an activating group) is 1. The van der Waals surface area contributed by atoms with Gasteiger partial charge in [-0.3, -0.25) is 0 Å². The first-order valence-corrected chi connectivity index (χ1v) is 7.43. The zero-order chi connectivity index (χ0) is 13.4. The summed E-state index contributed by atoms with van der Waals surface area (Å²) in [7, 11) is 2.18. The first-order valence-electron chi connectivity index (χ1n) is 6.64. The Bertz CT molecular complexity index is 604. The Morgan fingerprint density at radius 2 is 1.84 bits per heavy atom. The molecule has 0 amide bonds. The lowest BCUT2D eigenvalue weighted by molar-refractivity contribution is 0.312. The van der Waals surface area contributed by atoms with E-state index in [0.717, 1.165) is 42.0 Å². The van der Waals surface area contributed by atoms with Gasteiger partial charge in [0.1, 0.15) is 5.82 Å². The number of nitrogens with zero attached hydrogens (tertiary/aromatic N) is 3. The summed E-state index contributed by atoms with van der Waals surface area (Å²) in [5.74, 6) is 1.14. The van der Waals surface area contributed by atoms with Crippen LogP contribution < -0.4 is 4.90 Å². The highest BCUT2D eigenvalue weighted by molar-refractivity contribution is 9.10. The number of aryl methyl sites for hydroxylation is 1. The normalized spacial score (nSPS) is 17.1. The topological polar surface area (TPSA) is 19.4 Å². The Labute approximate surface area is 122 Å². The average molecular weight is 320 g/mol. The zero-order valence-corrected chi connectivity index (χ0v) is 12.9. The van der Waals surface area contributed by atoms with Gasteiger partial charge in [0.05, 0.1) is 5.52 Å². The van der Waals surface area contributed by atoms with Crippen LogP contribution in [0.5, 0.6) is 0 Å². The van der Waals surface area contributed by atoms with Gasteiger partial charge >= 0.3 is 0 Å². The fourth-order valence-corrected chi connectivity index (χ4v) is 2.96. The van der Waals surface area contributed by atoms with Crippen LogP contribution in [-0.4, -0.2) is 43.1 Å². The van der Waals surface area contributed by atoms with E-state index >= 15 is 0 Å². The van der Waals surface area contributed by atoms with E-state index in [1.807, 2.05) is 0 Å². The monoisotopic (exact) mass is 319 g/mol. The number of hydrogen-bond donors (Lipinski definition) is 0. The molecular formula is C15H18BrN3. The third kappa shape index (κ3) is 2.60. The number of aromatic nitrogens is 1. The minimum Gasteiger partial charge on any atom is -0.354 e. The van der Waals surface area contributed by atoms with Gasteiger partial charge in [-0.25, -0.2) is 4.98 Å².